The van der Waals surface area contributed by atoms with E-state index in [1.54, 1.807) is 50.3 Å². The molecule has 6 heterocycles. The van der Waals surface area contributed by atoms with Crippen molar-refractivity contribution in [3.8, 4) is 11.8 Å². The highest BCUT2D eigenvalue weighted by molar-refractivity contribution is 7.66. The van der Waals surface area contributed by atoms with E-state index in [1.165, 1.54) is 16.8 Å². The molecule has 68 heavy (non-hydrogen) atoms. The van der Waals surface area contributed by atoms with Crippen LogP contribution in [-0.4, -0.2) is 111 Å². The normalized spacial score (nSPS) is 21.4. The fourth-order valence-electron chi connectivity index (χ4n) is 7.86. The number of unbranched alkanes of at least 4 members (excludes halogenated alkanes) is 1. The maximum absolute atomic E-state index is 15.6. The molecule has 0 saturated carbocycles. The Kier molecular flexibility index (Phi) is 15.9. The predicted octanol–water partition coefficient (Wildman–Crippen LogP) is 3.27. The number of aliphatic hydroxyl groups is 1. The van der Waals surface area contributed by atoms with Crippen molar-refractivity contribution in [3.05, 3.63) is 87.8 Å². The van der Waals surface area contributed by atoms with Crippen molar-refractivity contribution < 1.29 is 83.7 Å². The van der Waals surface area contributed by atoms with E-state index in [9.17, 15) is 43.0 Å². The maximum Gasteiger partial charge on any atom is 0.737 e. The number of allylic oxidation sites excluding steroid dienone is 3. The number of aromatic amines is 1. The number of phosphoric ester groups is 1. The lowest BCUT2D eigenvalue weighted by atomic mass is 9.90. The lowest BCUT2D eigenvalue weighted by Gasteiger charge is -2.30. The summed E-state index contributed by atoms with van der Waals surface area (Å²) in [6.07, 6.45) is 8.29. The van der Waals surface area contributed by atoms with Crippen LogP contribution < -0.4 is 21.9 Å². The quantitative estimate of drug-likeness (QED) is 0.0258. The molecule has 30 heteroatoms. The van der Waals surface area contributed by atoms with Crippen molar-refractivity contribution in [2.24, 2.45) is 0 Å². The van der Waals surface area contributed by atoms with Gasteiger partial charge in [-0.15, -0.1) is 6.58 Å². The minimum absolute atomic E-state index is 0.0305. The van der Waals surface area contributed by atoms with Crippen LogP contribution in [0.3, 0.4) is 0 Å². The van der Waals surface area contributed by atoms with Gasteiger partial charge in [0.25, 0.3) is 5.56 Å². The zero-order chi connectivity index (χ0) is 49.8. The number of amides is 2. The van der Waals surface area contributed by atoms with Crippen molar-refractivity contribution in [1.29, 1.82) is 0 Å². The highest BCUT2D eigenvalue weighted by atomic mass is 31.3. The first-order chi connectivity index (χ1) is 31.8. The monoisotopic (exact) mass is 1010 g/mol. The number of halogens is 2. The van der Waals surface area contributed by atoms with Crippen molar-refractivity contribution in [2.45, 2.75) is 70.3 Å². The number of nitrogens with zero attached hydrogens (tertiary/aromatic N) is 4. The van der Waals surface area contributed by atoms with Crippen LogP contribution in [0.25, 0.3) is 17.1 Å². The second-order valence-electron chi connectivity index (χ2n) is 15.7. The number of aryl methyl sites for hydroxylation is 2. The number of phosphoric acid groups is 3. The summed E-state index contributed by atoms with van der Waals surface area (Å²) in [6.45, 7) is 1.94. The largest absolute Gasteiger partial charge is 0.737 e. The fourth-order valence-corrected chi connectivity index (χ4v) is 10.9. The minimum atomic E-state index is -5.83. The van der Waals surface area contributed by atoms with E-state index in [4.69, 9.17) is 29.5 Å². The summed E-state index contributed by atoms with van der Waals surface area (Å²) in [6, 6.07) is 1.73. The Balaban J connectivity index is 0.953. The maximum atomic E-state index is 15.6. The topological polar surface area (TPSA) is 341 Å². The van der Waals surface area contributed by atoms with Crippen LogP contribution in [0.1, 0.15) is 67.3 Å². The van der Waals surface area contributed by atoms with Crippen LogP contribution in [0.15, 0.2) is 59.7 Å². The first kappa shape index (κ1) is 52.1. The molecule has 0 spiro atoms. The number of fused-ring (bicyclic) bond motifs is 3. The molecule has 0 aliphatic carbocycles. The molecule has 0 radical (unpaired) electrons. The summed E-state index contributed by atoms with van der Waals surface area (Å²) >= 11 is 0. The van der Waals surface area contributed by atoms with Gasteiger partial charge in [-0.2, -0.15) is 13.6 Å². The molecule has 1 saturated heterocycles. The third-order valence-electron chi connectivity index (χ3n) is 10.7. The van der Waals surface area contributed by atoms with Crippen LogP contribution in [0.5, 0.6) is 0 Å². The SMILES string of the molecule is C=CC[C@]1(O)C[C@H](n2cc(C#CCNC(=O)OC/C=C\CCCNC(=O)CCC3=[N+]4C(=Cc5c(C)cc(C)n5[B-]4(F)F)C=C3)c3c(=O)[nH]c(N)nc32)O[C@@H]1COP(=O)(O)OP(=O)(O)OP(=O)(O)O. The first-order valence-corrected chi connectivity index (χ1v) is 25.1. The molecule has 2 unspecified atom stereocenters. The van der Waals surface area contributed by atoms with Crippen molar-refractivity contribution in [1.82, 2.24) is 29.6 Å². The molecule has 3 aliphatic rings. The molecule has 0 aromatic carbocycles. The Bertz CT molecular complexity index is 2900. The molecule has 6 rings (SSSR count). The Hall–Kier alpha value is -5.32. The number of aromatic nitrogens is 4. The van der Waals surface area contributed by atoms with Gasteiger partial charge in [-0.3, -0.25) is 19.1 Å². The lowest BCUT2D eigenvalue weighted by Crippen LogP contribution is -2.50. The molecular weight excluding hydrogens is 966 g/mol. The van der Waals surface area contributed by atoms with Gasteiger partial charge in [-0.25, -0.2) is 18.5 Å². The van der Waals surface area contributed by atoms with Crippen molar-refractivity contribution >= 4 is 71.2 Å². The van der Waals surface area contributed by atoms with Gasteiger partial charge in [0.05, 0.1) is 24.1 Å². The average molecular weight is 1010 g/mol. The number of nitrogen functional groups attached to an aromatic ring is 1. The summed E-state index contributed by atoms with van der Waals surface area (Å²) in [4.78, 5) is 81.3. The third kappa shape index (κ3) is 12.5. The molecule has 2 amide bonds. The highest BCUT2D eigenvalue weighted by Gasteiger charge is 2.53. The molecule has 0 bridgehead atoms. The second-order valence-corrected chi connectivity index (χ2v) is 20.1. The number of alkyl carbamates (subject to hydrolysis) is 1. The fraction of sp³-hybridized carbons (Fsp3) is 0.395. The van der Waals surface area contributed by atoms with Crippen LogP contribution in [0, 0.1) is 25.7 Å². The van der Waals surface area contributed by atoms with E-state index in [-0.39, 0.29) is 67.3 Å². The average Bonchev–Trinajstić information content (AvgIpc) is 3.96. The first-order valence-electron chi connectivity index (χ1n) is 20.6. The van der Waals surface area contributed by atoms with Gasteiger partial charge in [0.2, 0.25) is 11.9 Å². The molecule has 3 aromatic heterocycles. The number of nitrogens with two attached hydrogens (primary N) is 1. The number of H-pyrrole nitrogens is 1. The zero-order valence-corrected chi connectivity index (χ0v) is 39.0. The summed E-state index contributed by atoms with van der Waals surface area (Å²) in [5, 5.41) is 16.6. The van der Waals surface area contributed by atoms with Gasteiger partial charge in [-0.1, -0.05) is 30.1 Å². The number of carbonyl (C=O) groups excluding carboxylic acids is 2. The molecule has 3 aromatic rings. The van der Waals surface area contributed by atoms with Crippen LogP contribution in [-0.2, 0) is 41.1 Å². The lowest BCUT2D eigenvalue weighted by molar-refractivity contribution is -0.362. The predicted molar refractivity (Wildman–Crippen MR) is 239 cm³/mol. The standard InChI is InChI=1S/C38H48BF2N8O16P3/c1-4-15-38(53)21-32(63-30(38)23-62-67(57,58)65-68(59,60)64-66(54,55)56)47-22-26(33-34(47)45-36(42)46-35(33)51)10-9-17-44-37(52)61-18-8-6-5-7-16-43-31(50)14-13-27-11-12-28-20-29-24(2)19-25(3)48(29)39(40,41)49(27)28/h4,6,8,11-12,19-20,22,30,32,53H,1,5,7,13-18,21,23H2,2-3H3,(H,43,50)(H,44,52)(H,57,58)(H,59,60)(H2,54,55,56)(H3,42,45,46,51)/b8-6-/t30-,32-,38+/m1/s1. The van der Waals surface area contributed by atoms with Gasteiger partial charge >= 0.3 is 36.5 Å². The number of anilines is 1. The number of hydrogen-bond donors (Lipinski definition) is 9. The molecule has 5 atom stereocenters. The van der Waals surface area contributed by atoms with Gasteiger partial charge < -0.3 is 72.7 Å². The molecule has 24 nitrogen and oxygen atoms in total. The third-order valence-corrected chi connectivity index (χ3v) is 14.5. The van der Waals surface area contributed by atoms with Gasteiger partial charge in [-0.05, 0) is 50.4 Å². The number of carbonyl (C=O) groups is 2. The highest BCUT2D eigenvalue weighted by Crippen LogP contribution is 2.66. The van der Waals surface area contributed by atoms with Gasteiger partial charge in [0, 0.05) is 55.9 Å². The smallest absolute Gasteiger partial charge is 0.445 e. The van der Waals surface area contributed by atoms with Crippen molar-refractivity contribution in [2.75, 3.05) is 32.0 Å². The Morgan fingerprint density at radius 1 is 1.16 bits per heavy atom. The summed E-state index contributed by atoms with van der Waals surface area (Å²) in [5.74, 6) is 4.86. The van der Waals surface area contributed by atoms with E-state index in [0.29, 0.717) is 42.2 Å². The van der Waals surface area contributed by atoms with E-state index in [0.717, 1.165) is 14.5 Å². The van der Waals surface area contributed by atoms with E-state index >= 15 is 8.63 Å². The summed E-state index contributed by atoms with van der Waals surface area (Å²) in [5.41, 5.74) is 5.71. The number of hydrogen-bond acceptors (Lipinski definition) is 14. The molecular formula is C38H48BF2N8O16P3. The summed E-state index contributed by atoms with van der Waals surface area (Å²) < 4.78 is 92.9. The Labute approximate surface area is 385 Å². The van der Waals surface area contributed by atoms with E-state index in [2.05, 4.69) is 47.6 Å². The molecule has 1 fully saturated rings. The number of ether oxygens (including phenoxy) is 2. The van der Waals surface area contributed by atoms with Crippen LogP contribution in [0.4, 0.5) is 19.4 Å². The number of rotatable bonds is 20. The Morgan fingerprint density at radius 2 is 1.91 bits per heavy atom. The molecule has 368 valence electrons. The zero-order valence-electron chi connectivity index (χ0n) is 36.3. The van der Waals surface area contributed by atoms with E-state index < -0.39 is 66.6 Å². The molecule has 10 N–H and O–H groups in total. The van der Waals surface area contributed by atoms with Gasteiger partial charge in [0.15, 0.2) is 11.3 Å². The van der Waals surface area contributed by atoms with E-state index in [1.807, 2.05) is 0 Å². The molecule has 3 aliphatic heterocycles. The van der Waals surface area contributed by atoms with Crippen LogP contribution >= 0.6 is 23.5 Å². The second kappa shape index (κ2) is 20.7. The number of nitrogens with one attached hydrogen (secondary N) is 3. The van der Waals surface area contributed by atoms with Gasteiger partial charge in [0.1, 0.15) is 30.3 Å². The van der Waals surface area contributed by atoms with Crippen LogP contribution in [0.2, 0.25) is 0 Å². The summed E-state index contributed by atoms with van der Waals surface area (Å²) in [7, 11) is -17.1. The van der Waals surface area contributed by atoms with Crippen molar-refractivity contribution in [3.63, 3.8) is 0 Å². The Morgan fingerprint density at radius 3 is 2.63 bits per heavy atom. The minimum Gasteiger partial charge on any atom is -0.445 e.